The Morgan fingerprint density at radius 2 is 1.71 bits per heavy atom. The maximum atomic E-state index is 13.0. The molecule has 248 valence electrons. The van der Waals surface area contributed by atoms with Gasteiger partial charge in [-0.05, 0) is 129 Å². The quantitative estimate of drug-likeness (QED) is 0.183. The molecule has 0 radical (unpaired) electrons. The van der Waals surface area contributed by atoms with E-state index in [1.165, 1.54) is 39.0 Å². The molecule has 1 aromatic rings. The number of carbonyl (C=O) groups is 2. The van der Waals surface area contributed by atoms with Crippen LogP contribution in [0.2, 0.25) is 0 Å². The number of rotatable bonds is 12. The van der Waals surface area contributed by atoms with Gasteiger partial charge in [0.05, 0.1) is 0 Å². The zero-order chi connectivity index (χ0) is 33.1. The van der Waals surface area contributed by atoms with E-state index in [1.807, 2.05) is 0 Å². The van der Waals surface area contributed by atoms with Crippen molar-refractivity contribution in [3.63, 3.8) is 0 Å². The van der Waals surface area contributed by atoms with Crippen LogP contribution in [0.4, 0.5) is 0 Å². The Morgan fingerprint density at radius 1 is 1.04 bits per heavy atom. The van der Waals surface area contributed by atoms with Crippen LogP contribution in [0.15, 0.2) is 59.2 Å². The number of hydrogen-bond donors (Lipinski definition) is 2. The first-order chi connectivity index (χ1) is 21.5. The number of allylic oxidation sites excluding steroid dienone is 7. The Balaban J connectivity index is 1.86. The summed E-state index contributed by atoms with van der Waals surface area (Å²) in [6.07, 6.45) is 11.7. The van der Waals surface area contributed by atoms with Gasteiger partial charge in [-0.25, -0.2) is 0 Å². The van der Waals surface area contributed by atoms with Gasteiger partial charge in [-0.3, -0.25) is 9.59 Å². The van der Waals surface area contributed by atoms with Crippen molar-refractivity contribution in [2.75, 3.05) is 32.7 Å². The predicted molar refractivity (Wildman–Crippen MR) is 191 cm³/mol. The molecule has 2 fully saturated rings. The monoisotopic (exact) mass is 615 g/mol. The highest BCUT2D eigenvalue weighted by atomic mass is 16.2. The van der Waals surface area contributed by atoms with Crippen LogP contribution in [-0.2, 0) is 9.59 Å². The number of carbonyl (C=O) groups excluding carboxylic acids is 2. The van der Waals surface area contributed by atoms with Crippen molar-refractivity contribution in [1.29, 1.82) is 0 Å². The molecule has 2 N–H and O–H groups in total. The van der Waals surface area contributed by atoms with Gasteiger partial charge in [0.25, 0.3) is 0 Å². The lowest BCUT2D eigenvalue weighted by Crippen LogP contribution is -2.47. The van der Waals surface area contributed by atoms with Crippen LogP contribution in [-0.4, -0.2) is 49.4 Å². The van der Waals surface area contributed by atoms with E-state index in [4.69, 9.17) is 0 Å². The fourth-order valence-electron chi connectivity index (χ4n) is 6.84. The molecule has 0 aliphatic carbocycles. The molecule has 0 unspecified atom stereocenters. The lowest BCUT2D eigenvalue weighted by molar-refractivity contribution is -0.146. The van der Waals surface area contributed by atoms with Gasteiger partial charge in [0.2, 0.25) is 0 Å². The van der Waals surface area contributed by atoms with Gasteiger partial charge >= 0.3 is 11.8 Å². The number of likely N-dealkylation sites (tertiary alicyclic amines) is 1. The van der Waals surface area contributed by atoms with Crippen molar-refractivity contribution in [2.24, 2.45) is 17.8 Å². The third-order valence-corrected chi connectivity index (χ3v) is 9.94. The molecule has 1 aromatic carbocycles. The molecule has 5 heteroatoms. The van der Waals surface area contributed by atoms with Crippen LogP contribution in [0.3, 0.4) is 0 Å². The molecular weight excluding hydrogens is 554 g/mol. The molecule has 0 spiro atoms. The van der Waals surface area contributed by atoms with Crippen LogP contribution in [0, 0.1) is 24.7 Å². The van der Waals surface area contributed by atoms with E-state index in [1.54, 1.807) is 4.90 Å². The van der Waals surface area contributed by atoms with Crippen LogP contribution < -0.4 is 10.6 Å². The first-order valence-corrected chi connectivity index (χ1v) is 17.6. The van der Waals surface area contributed by atoms with Crippen molar-refractivity contribution < 1.29 is 9.59 Å². The summed E-state index contributed by atoms with van der Waals surface area (Å²) >= 11 is 0. The van der Waals surface area contributed by atoms with Gasteiger partial charge in [0.15, 0.2) is 0 Å². The maximum absolute atomic E-state index is 13.0. The number of nitrogens with one attached hydrogen (secondary N) is 2. The lowest BCUT2D eigenvalue weighted by Gasteiger charge is -2.32. The third-order valence-electron chi connectivity index (χ3n) is 9.94. The average Bonchev–Trinajstić information content (AvgIpc) is 3.03. The van der Waals surface area contributed by atoms with E-state index in [9.17, 15) is 9.59 Å². The summed E-state index contributed by atoms with van der Waals surface area (Å²) < 4.78 is 0. The number of aryl methyl sites for hydroxylation is 1. The molecular formula is C40H61N3O2. The molecule has 45 heavy (non-hydrogen) atoms. The summed E-state index contributed by atoms with van der Waals surface area (Å²) in [5, 5.41) is 6.26. The smallest absolute Gasteiger partial charge is 0.311 e. The summed E-state index contributed by atoms with van der Waals surface area (Å²) in [4.78, 5) is 27.4. The summed E-state index contributed by atoms with van der Waals surface area (Å²) in [5.41, 5.74) is 10.6. The normalized spacial score (nSPS) is 18.6. The number of hydrogen-bond acceptors (Lipinski definition) is 3. The second kappa shape index (κ2) is 17.7. The van der Waals surface area contributed by atoms with E-state index in [2.05, 4.69) is 103 Å². The zero-order valence-corrected chi connectivity index (χ0v) is 29.7. The Morgan fingerprint density at radius 3 is 2.29 bits per heavy atom. The van der Waals surface area contributed by atoms with E-state index in [0.29, 0.717) is 43.3 Å². The molecule has 1 atom stereocenters. The van der Waals surface area contributed by atoms with Crippen LogP contribution in [0.25, 0.3) is 5.57 Å². The van der Waals surface area contributed by atoms with Crippen molar-refractivity contribution in [3.05, 3.63) is 75.9 Å². The SMILES string of the molecule is C=C(C)/C=C(\C=C(\C)[C@H](C)CC)C(/CCC)=C(/c1cc(C2CCN(C(=O)C(=O)NCC3CCNCC3)CC2)ccc1C)C(C)C. The summed E-state index contributed by atoms with van der Waals surface area (Å²) in [6.45, 7) is 26.1. The van der Waals surface area contributed by atoms with E-state index < -0.39 is 5.91 Å². The number of piperidine rings is 2. The molecule has 2 saturated heterocycles. The summed E-state index contributed by atoms with van der Waals surface area (Å²) in [6, 6.07) is 6.99. The van der Waals surface area contributed by atoms with Crippen molar-refractivity contribution in [1.82, 2.24) is 15.5 Å². The molecule has 2 heterocycles. The third kappa shape index (κ3) is 10.3. The topological polar surface area (TPSA) is 61.4 Å². The zero-order valence-electron chi connectivity index (χ0n) is 29.7. The fraction of sp³-hybridized carbons (Fsp3) is 0.600. The largest absolute Gasteiger partial charge is 0.348 e. The van der Waals surface area contributed by atoms with Crippen LogP contribution in [0.1, 0.15) is 116 Å². The minimum atomic E-state index is -0.448. The Labute approximate surface area is 274 Å². The minimum Gasteiger partial charge on any atom is -0.348 e. The number of nitrogens with zero attached hydrogens (tertiary/aromatic N) is 1. The average molecular weight is 616 g/mol. The molecule has 2 aliphatic rings. The second-order valence-electron chi connectivity index (χ2n) is 14.0. The molecule has 2 aliphatic heterocycles. The minimum absolute atomic E-state index is 0.356. The van der Waals surface area contributed by atoms with Crippen LogP contribution in [0.5, 0.6) is 0 Å². The van der Waals surface area contributed by atoms with Crippen molar-refractivity contribution in [2.45, 2.75) is 106 Å². The molecule has 0 bridgehead atoms. The first kappa shape index (κ1) is 36.5. The fourth-order valence-corrected chi connectivity index (χ4v) is 6.84. The van der Waals surface area contributed by atoms with E-state index >= 15 is 0 Å². The maximum Gasteiger partial charge on any atom is 0.311 e. The Bertz CT molecular complexity index is 1270. The second-order valence-corrected chi connectivity index (χ2v) is 14.0. The van der Waals surface area contributed by atoms with Gasteiger partial charge in [0, 0.05) is 19.6 Å². The number of benzene rings is 1. The molecule has 3 rings (SSSR count). The standard InChI is InChI=1S/C40H61N3O2/c1-10-12-36(35(23-27(3)4)24-31(9)29(7)11-2)38(28(5)6)37-25-34(14-13-30(37)8)33-17-21-43(22-18-33)40(45)39(44)42-26-32-15-19-41-20-16-32/h13-14,23-25,28-29,32-33,41H,3,10-12,15-22,26H2,1-2,4-9H3,(H,42,44)/b31-24-,35-23+,38-36+/t29-/m1/s1. The highest BCUT2D eigenvalue weighted by molar-refractivity contribution is 6.35. The van der Waals surface area contributed by atoms with Gasteiger partial charge in [-0.15, -0.1) is 0 Å². The van der Waals surface area contributed by atoms with Gasteiger partial charge in [-0.2, -0.15) is 0 Å². The Hall–Kier alpha value is -2.92. The first-order valence-electron chi connectivity index (χ1n) is 17.6. The molecule has 0 saturated carbocycles. The van der Waals surface area contributed by atoms with Crippen LogP contribution >= 0.6 is 0 Å². The van der Waals surface area contributed by atoms with E-state index in [0.717, 1.165) is 63.6 Å². The number of amides is 2. The van der Waals surface area contributed by atoms with Crippen molar-refractivity contribution in [3.8, 4) is 0 Å². The summed E-state index contributed by atoms with van der Waals surface area (Å²) in [5.74, 6) is 0.891. The van der Waals surface area contributed by atoms with E-state index in [-0.39, 0.29) is 5.91 Å². The highest BCUT2D eigenvalue weighted by Gasteiger charge is 2.29. The lowest BCUT2D eigenvalue weighted by atomic mass is 9.80. The predicted octanol–water partition coefficient (Wildman–Crippen LogP) is 8.52. The molecule has 5 nitrogen and oxygen atoms in total. The molecule has 0 aromatic heterocycles. The highest BCUT2D eigenvalue weighted by Crippen LogP contribution is 2.39. The van der Waals surface area contributed by atoms with Gasteiger partial charge in [0.1, 0.15) is 0 Å². The van der Waals surface area contributed by atoms with Gasteiger partial charge in [-0.1, -0.05) is 89.1 Å². The molecule has 2 amide bonds. The van der Waals surface area contributed by atoms with Gasteiger partial charge < -0.3 is 15.5 Å². The Kier molecular flexibility index (Phi) is 14.4. The van der Waals surface area contributed by atoms with Crippen molar-refractivity contribution >= 4 is 17.4 Å². The summed E-state index contributed by atoms with van der Waals surface area (Å²) in [7, 11) is 0.